The molecule has 0 aliphatic rings. The lowest BCUT2D eigenvalue weighted by molar-refractivity contribution is -0.143. The second-order valence-corrected chi connectivity index (χ2v) is 5.99. The van der Waals surface area contributed by atoms with Crippen LogP contribution < -0.4 is 10.6 Å². The third-order valence-corrected chi connectivity index (χ3v) is 3.49. The zero-order valence-electron chi connectivity index (χ0n) is 14.5. The summed E-state index contributed by atoms with van der Waals surface area (Å²) in [6.45, 7) is 3.39. The topological polar surface area (TPSA) is 159 Å². The van der Waals surface area contributed by atoms with Gasteiger partial charge in [-0.25, -0.2) is 4.79 Å². The number of amides is 2. The number of aromatic nitrogens is 2. The highest BCUT2D eigenvalue weighted by Gasteiger charge is 2.29. The molecule has 0 spiro atoms. The predicted molar refractivity (Wildman–Crippen MR) is 88.9 cm³/mol. The fraction of sp³-hybridized carbons (Fsp3) is 0.500. The quantitative estimate of drug-likeness (QED) is 0.435. The van der Waals surface area contributed by atoms with Gasteiger partial charge in [0.2, 0.25) is 11.8 Å². The molecule has 0 saturated carbocycles. The molecule has 1 heterocycles. The Morgan fingerprint density at radius 1 is 1.12 bits per heavy atom. The Labute approximate surface area is 150 Å². The number of carbonyl (C=O) groups excluding carboxylic acids is 2. The van der Waals surface area contributed by atoms with Crippen LogP contribution in [0.3, 0.4) is 0 Å². The molecule has 10 nitrogen and oxygen atoms in total. The van der Waals surface area contributed by atoms with E-state index in [4.69, 9.17) is 10.2 Å². The summed E-state index contributed by atoms with van der Waals surface area (Å²) in [5.74, 6) is -3.96. The zero-order chi connectivity index (χ0) is 19.7. The van der Waals surface area contributed by atoms with Gasteiger partial charge in [0.15, 0.2) is 0 Å². The van der Waals surface area contributed by atoms with E-state index in [1.807, 2.05) is 0 Å². The molecule has 26 heavy (non-hydrogen) atoms. The summed E-state index contributed by atoms with van der Waals surface area (Å²) in [5, 5.41) is 22.6. The van der Waals surface area contributed by atoms with E-state index in [-0.39, 0.29) is 18.8 Å². The van der Waals surface area contributed by atoms with E-state index < -0.39 is 42.3 Å². The van der Waals surface area contributed by atoms with Crippen molar-refractivity contribution in [3.05, 3.63) is 24.3 Å². The Morgan fingerprint density at radius 2 is 1.81 bits per heavy atom. The minimum absolute atomic E-state index is 0.0777. The van der Waals surface area contributed by atoms with Crippen molar-refractivity contribution < 1.29 is 29.4 Å². The number of hydrogen-bond acceptors (Lipinski definition) is 6. The SMILES string of the molecule is CC(C)[C@H](NC(=O)Cc1cnccn1)C(=O)N[C@H](CCC(=O)O)C(=O)O. The molecule has 142 valence electrons. The first-order chi connectivity index (χ1) is 12.2. The van der Waals surface area contributed by atoms with Gasteiger partial charge in [-0.15, -0.1) is 0 Å². The van der Waals surface area contributed by atoms with Crippen LogP contribution in [0.4, 0.5) is 0 Å². The first-order valence-electron chi connectivity index (χ1n) is 8.00. The second kappa shape index (κ2) is 10.1. The molecular formula is C16H22N4O6. The van der Waals surface area contributed by atoms with Crippen LogP contribution in [-0.4, -0.2) is 56.0 Å². The van der Waals surface area contributed by atoms with Crippen molar-refractivity contribution in [2.75, 3.05) is 0 Å². The third-order valence-electron chi connectivity index (χ3n) is 3.49. The molecule has 4 N–H and O–H groups in total. The molecule has 0 radical (unpaired) electrons. The first-order valence-corrected chi connectivity index (χ1v) is 8.00. The fourth-order valence-electron chi connectivity index (χ4n) is 2.13. The predicted octanol–water partition coefficient (Wildman–Crippen LogP) is -0.406. The van der Waals surface area contributed by atoms with Gasteiger partial charge in [-0.1, -0.05) is 13.8 Å². The van der Waals surface area contributed by atoms with Crippen LogP contribution in [0.15, 0.2) is 18.6 Å². The summed E-state index contributed by atoms with van der Waals surface area (Å²) < 4.78 is 0. The van der Waals surface area contributed by atoms with Crippen molar-refractivity contribution in [1.29, 1.82) is 0 Å². The number of nitrogens with zero attached hydrogens (tertiary/aromatic N) is 2. The normalized spacial score (nSPS) is 12.9. The molecule has 0 saturated heterocycles. The molecule has 0 aliphatic carbocycles. The highest BCUT2D eigenvalue weighted by atomic mass is 16.4. The van der Waals surface area contributed by atoms with E-state index in [0.29, 0.717) is 5.69 Å². The molecule has 1 aromatic rings. The van der Waals surface area contributed by atoms with Crippen LogP contribution in [0.5, 0.6) is 0 Å². The van der Waals surface area contributed by atoms with Crippen LogP contribution in [0.2, 0.25) is 0 Å². The minimum Gasteiger partial charge on any atom is -0.481 e. The fourth-order valence-corrected chi connectivity index (χ4v) is 2.13. The molecule has 2 amide bonds. The largest absolute Gasteiger partial charge is 0.481 e. The van der Waals surface area contributed by atoms with E-state index >= 15 is 0 Å². The van der Waals surface area contributed by atoms with Crippen LogP contribution in [0, 0.1) is 5.92 Å². The lowest BCUT2D eigenvalue weighted by Gasteiger charge is -2.24. The van der Waals surface area contributed by atoms with Crippen LogP contribution in [-0.2, 0) is 25.6 Å². The van der Waals surface area contributed by atoms with Crippen molar-refractivity contribution in [2.24, 2.45) is 5.92 Å². The maximum absolute atomic E-state index is 12.4. The number of aliphatic carboxylic acids is 2. The average Bonchev–Trinajstić information content (AvgIpc) is 2.56. The molecular weight excluding hydrogens is 344 g/mol. The number of carboxylic acids is 2. The smallest absolute Gasteiger partial charge is 0.326 e. The molecule has 2 atom stereocenters. The van der Waals surface area contributed by atoms with Gasteiger partial charge in [-0.2, -0.15) is 0 Å². The van der Waals surface area contributed by atoms with E-state index in [0.717, 1.165) is 0 Å². The second-order valence-electron chi connectivity index (χ2n) is 5.99. The van der Waals surface area contributed by atoms with Crippen molar-refractivity contribution >= 4 is 23.8 Å². The van der Waals surface area contributed by atoms with Gasteiger partial charge >= 0.3 is 11.9 Å². The van der Waals surface area contributed by atoms with Gasteiger partial charge in [0.25, 0.3) is 0 Å². The Bertz CT molecular complexity index is 649. The number of nitrogens with one attached hydrogen (secondary N) is 2. The van der Waals surface area contributed by atoms with Crippen molar-refractivity contribution in [2.45, 2.75) is 45.2 Å². The number of carbonyl (C=O) groups is 4. The molecule has 10 heteroatoms. The Morgan fingerprint density at radius 3 is 2.31 bits per heavy atom. The van der Waals surface area contributed by atoms with Gasteiger partial charge in [-0.05, 0) is 12.3 Å². The molecule has 1 rings (SSSR count). The lowest BCUT2D eigenvalue weighted by atomic mass is 10.0. The molecule has 1 aromatic heterocycles. The van der Waals surface area contributed by atoms with E-state index in [9.17, 15) is 19.2 Å². The maximum atomic E-state index is 12.4. The highest BCUT2D eigenvalue weighted by molar-refractivity contribution is 5.91. The van der Waals surface area contributed by atoms with Crippen LogP contribution in [0.25, 0.3) is 0 Å². The van der Waals surface area contributed by atoms with Crippen LogP contribution in [0.1, 0.15) is 32.4 Å². The van der Waals surface area contributed by atoms with Gasteiger partial charge in [-0.3, -0.25) is 24.4 Å². The number of carboxylic acid groups (broad SMARTS) is 2. The molecule has 0 unspecified atom stereocenters. The van der Waals surface area contributed by atoms with E-state index in [1.165, 1.54) is 18.6 Å². The summed E-state index contributed by atoms with van der Waals surface area (Å²) in [6.07, 6.45) is 3.60. The molecule has 0 aromatic carbocycles. The Balaban J connectivity index is 2.71. The standard InChI is InChI=1S/C16H22N4O6/c1-9(2)14(20-12(21)7-10-8-17-5-6-18-10)15(24)19-11(16(25)26)3-4-13(22)23/h5-6,8-9,11,14H,3-4,7H2,1-2H3,(H,19,24)(H,20,21)(H,22,23)(H,25,26)/t11-,14+/m1/s1. The Hall–Kier alpha value is -3.04. The first kappa shape index (κ1) is 21.0. The van der Waals surface area contributed by atoms with E-state index in [1.54, 1.807) is 13.8 Å². The number of rotatable bonds is 10. The monoisotopic (exact) mass is 366 g/mol. The van der Waals surface area contributed by atoms with Gasteiger partial charge in [0, 0.05) is 25.0 Å². The zero-order valence-corrected chi connectivity index (χ0v) is 14.5. The minimum atomic E-state index is -1.35. The average molecular weight is 366 g/mol. The summed E-state index contributed by atoms with van der Waals surface area (Å²) in [7, 11) is 0. The molecule has 0 fully saturated rings. The highest BCUT2D eigenvalue weighted by Crippen LogP contribution is 2.06. The summed E-state index contributed by atoms with van der Waals surface area (Å²) in [4.78, 5) is 54.1. The van der Waals surface area contributed by atoms with Gasteiger partial charge < -0.3 is 20.8 Å². The third kappa shape index (κ3) is 7.24. The lowest BCUT2D eigenvalue weighted by Crippen LogP contribution is -2.54. The Kier molecular flexibility index (Phi) is 8.13. The number of hydrogen-bond donors (Lipinski definition) is 4. The van der Waals surface area contributed by atoms with Crippen molar-refractivity contribution in [3.63, 3.8) is 0 Å². The van der Waals surface area contributed by atoms with Gasteiger partial charge in [0.05, 0.1) is 12.1 Å². The summed E-state index contributed by atoms with van der Waals surface area (Å²) in [6, 6.07) is -2.32. The molecule has 0 bridgehead atoms. The maximum Gasteiger partial charge on any atom is 0.326 e. The van der Waals surface area contributed by atoms with Crippen molar-refractivity contribution in [3.8, 4) is 0 Å². The molecule has 0 aliphatic heterocycles. The summed E-state index contributed by atoms with van der Waals surface area (Å²) >= 11 is 0. The van der Waals surface area contributed by atoms with Crippen molar-refractivity contribution in [1.82, 2.24) is 20.6 Å². The van der Waals surface area contributed by atoms with E-state index in [2.05, 4.69) is 20.6 Å². The van der Waals surface area contributed by atoms with Crippen LogP contribution >= 0.6 is 0 Å². The van der Waals surface area contributed by atoms with Gasteiger partial charge in [0.1, 0.15) is 12.1 Å². The summed E-state index contributed by atoms with van der Waals surface area (Å²) in [5.41, 5.74) is 0.429.